The van der Waals surface area contributed by atoms with Crippen LogP contribution in [0.25, 0.3) is 0 Å². The first kappa shape index (κ1) is 9.67. The van der Waals surface area contributed by atoms with Crippen molar-refractivity contribution < 1.29 is 4.79 Å². The Balaban J connectivity index is 2.73. The summed E-state index contributed by atoms with van der Waals surface area (Å²) in [5.41, 5.74) is 0.911. The molecule has 1 rings (SSSR count). The number of anilines is 1. The van der Waals surface area contributed by atoms with E-state index >= 15 is 0 Å². The highest BCUT2D eigenvalue weighted by atomic mass is 16.1. The van der Waals surface area contributed by atoms with E-state index in [0.29, 0.717) is 12.4 Å². The lowest BCUT2D eigenvalue weighted by atomic mass is 10.3. The van der Waals surface area contributed by atoms with Crippen LogP contribution < -0.4 is 10.6 Å². The molecule has 0 aliphatic rings. The zero-order valence-corrected chi connectivity index (χ0v) is 7.79. The molecule has 0 radical (unpaired) electrons. The first-order valence-corrected chi connectivity index (χ1v) is 4.10. The van der Waals surface area contributed by atoms with Crippen molar-refractivity contribution in [2.24, 2.45) is 0 Å². The van der Waals surface area contributed by atoms with Gasteiger partial charge in [0.2, 0.25) is 5.91 Å². The van der Waals surface area contributed by atoms with E-state index in [-0.39, 0.29) is 5.91 Å². The van der Waals surface area contributed by atoms with E-state index in [1.807, 2.05) is 19.2 Å². The second kappa shape index (κ2) is 4.57. The number of hydrogen-bond donors (Lipinski definition) is 2. The second-order valence-electron chi connectivity index (χ2n) is 2.73. The van der Waals surface area contributed by atoms with Crippen LogP contribution in [0.5, 0.6) is 0 Å². The third-order valence-corrected chi connectivity index (χ3v) is 1.47. The number of carbonyl (C=O) groups excluding carboxylic acids is 1. The number of pyridine rings is 1. The van der Waals surface area contributed by atoms with Crippen molar-refractivity contribution in [1.29, 1.82) is 0 Å². The number of hydrogen-bond acceptors (Lipinski definition) is 3. The highest BCUT2D eigenvalue weighted by Crippen LogP contribution is 2.03. The Hall–Kier alpha value is -1.42. The molecule has 1 aromatic heterocycles. The molecule has 0 aliphatic heterocycles. The van der Waals surface area contributed by atoms with Crippen molar-refractivity contribution in [3.63, 3.8) is 0 Å². The van der Waals surface area contributed by atoms with Crippen molar-refractivity contribution in [3.05, 3.63) is 23.9 Å². The molecule has 4 nitrogen and oxygen atoms in total. The topological polar surface area (TPSA) is 54.0 Å². The van der Waals surface area contributed by atoms with Crippen LogP contribution in [-0.2, 0) is 11.3 Å². The van der Waals surface area contributed by atoms with Crippen LogP contribution in [0.2, 0.25) is 0 Å². The number of amides is 1. The molecule has 2 N–H and O–H groups in total. The third-order valence-electron chi connectivity index (χ3n) is 1.47. The predicted octanol–water partition coefficient (Wildman–Crippen LogP) is 0.759. The van der Waals surface area contributed by atoms with Crippen LogP contribution in [0.4, 0.5) is 5.82 Å². The Bertz CT molecular complexity index is 299. The molecule has 0 atom stereocenters. The maximum atomic E-state index is 10.7. The lowest BCUT2D eigenvalue weighted by Crippen LogP contribution is -2.11. The van der Waals surface area contributed by atoms with Gasteiger partial charge in [0.1, 0.15) is 5.82 Å². The summed E-state index contributed by atoms with van der Waals surface area (Å²) in [4.78, 5) is 14.9. The highest BCUT2D eigenvalue weighted by Gasteiger charge is 1.97. The highest BCUT2D eigenvalue weighted by molar-refractivity contribution is 5.87. The van der Waals surface area contributed by atoms with E-state index in [2.05, 4.69) is 15.6 Å². The molecule has 1 aromatic rings. The summed E-state index contributed by atoms with van der Waals surface area (Å²) in [5, 5.41) is 5.62. The second-order valence-corrected chi connectivity index (χ2v) is 2.73. The zero-order valence-electron chi connectivity index (χ0n) is 7.79. The van der Waals surface area contributed by atoms with Crippen molar-refractivity contribution in [1.82, 2.24) is 10.3 Å². The predicted molar refractivity (Wildman–Crippen MR) is 51.3 cm³/mol. The van der Waals surface area contributed by atoms with E-state index in [1.165, 1.54) is 6.92 Å². The standard InChI is InChI=1S/C9H13N3O/c1-7(13)11-9-5-3-4-8(12-9)6-10-2/h3-5,10H,6H2,1-2H3,(H,11,12,13). The van der Waals surface area contributed by atoms with Gasteiger partial charge in [-0.2, -0.15) is 0 Å². The SMILES string of the molecule is CNCc1cccc(NC(C)=O)n1. The molecule has 0 aliphatic carbocycles. The van der Waals surface area contributed by atoms with Gasteiger partial charge in [0, 0.05) is 13.5 Å². The van der Waals surface area contributed by atoms with E-state index in [4.69, 9.17) is 0 Å². The molecule has 70 valence electrons. The summed E-state index contributed by atoms with van der Waals surface area (Å²) >= 11 is 0. The largest absolute Gasteiger partial charge is 0.314 e. The molecule has 0 spiro atoms. The molecule has 0 saturated carbocycles. The number of aromatic nitrogens is 1. The fourth-order valence-electron chi connectivity index (χ4n) is 1.01. The summed E-state index contributed by atoms with van der Waals surface area (Å²) < 4.78 is 0. The fourth-order valence-corrected chi connectivity index (χ4v) is 1.01. The van der Waals surface area contributed by atoms with Crippen molar-refractivity contribution >= 4 is 11.7 Å². The van der Waals surface area contributed by atoms with Crippen molar-refractivity contribution in [3.8, 4) is 0 Å². The van der Waals surface area contributed by atoms with Gasteiger partial charge in [-0.1, -0.05) is 6.07 Å². The van der Waals surface area contributed by atoms with E-state index in [0.717, 1.165) is 5.69 Å². The first-order chi connectivity index (χ1) is 6.22. The number of carbonyl (C=O) groups is 1. The van der Waals surface area contributed by atoms with Crippen LogP contribution in [0.3, 0.4) is 0 Å². The maximum absolute atomic E-state index is 10.7. The third kappa shape index (κ3) is 3.21. The molecule has 0 saturated heterocycles. The number of nitrogens with zero attached hydrogens (tertiary/aromatic N) is 1. The molecule has 1 amide bonds. The molecular weight excluding hydrogens is 166 g/mol. The molecule has 13 heavy (non-hydrogen) atoms. The minimum absolute atomic E-state index is 0.103. The molecule has 4 heteroatoms. The number of nitrogens with one attached hydrogen (secondary N) is 2. The quantitative estimate of drug-likeness (QED) is 0.720. The van der Waals surface area contributed by atoms with Crippen LogP contribution >= 0.6 is 0 Å². The monoisotopic (exact) mass is 179 g/mol. The minimum atomic E-state index is -0.103. The molecule has 0 aromatic carbocycles. The van der Waals surface area contributed by atoms with Gasteiger partial charge in [-0.05, 0) is 19.2 Å². The minimum Gasteiger partial charge on any atom is -0.314 e. The molecule has 0 unspecified atom stereocenters. The van der Waals surface area contributed by atoms with E-state index < -0.39 is 0 Å². The van der Waals surface area contributed by atoms with Gasteiger partial charge in [-0.25, -0.2) is 4.98 Å². The van der Waals surface area contributed by atoms with Gasteiger partial charge < -0.3 is 10.6 Å². The zero-order chi connectivity index (χ0) is 9.68. The molecule has 0 fully saturated rings. The lowest BCUT2D eigenvalue weighted by molar-refractivity contribution is -0.114. The van der Waals surface area contributed by atoms with Gasteiger partial charge in [0.15, 0.2) is 0 Å². The summed E-state index contributed by atoms with van der Waals surface area (Å²) in [5.74, 6) is 0.495. The van der Waals surface area contributed by atoms with E-state index in [1.54, 1.807) is 6.07 Å². The van der Waals surface area contributed by atoms with Gasteiger partial charge in [0.25, 0.3) is 0 Å². The van der Waals surface area contributed by atoms with Crippen LogP contribution in [-0.4, -0.2) is 17.9 Å². The Labute approximate surface area is 77.4 Å². The average Bonchev–Trinajstić information content (AvgIpc) is 2.04. The van der Waals surface area contributed by atoms with Crippen LogP contribution in [0.15, 0.2) is 18.2 Å². The van der Waals surface area contributed by atoms with Gasteiger partial charge in [-0.15, -0.1) is 0 Å². The van der Waals surface area contributed by atoms with E-state index in [9.17, 15) is 4.79 Å². The molecular formula is C9H13N3O. The summed E-state index contributed by atoms with van der Waals surface area (Å²) in [7, 11) is 1.85. The molecule has 0 bridgehead atoms. The van der Waals surface area contributed by atoms with Crippen molar-refractivity contribution in [2.75, 3.05) is 12.4 Å². The summed E-state index contributed by atoms with van der Waals surface area (Å²) in [6, 6.07) is 5.54. The first-order valence-electron chi connectivity index (χ1n) is 4.10. The van der Waals surface area contributed by atoms with Crippen LogP contribution in [0, 0.1) is 0 Å². The molecule has 1 heterocycles. The Morgan fingerprint density at radius 3 is 2.92 bits per heavy atom. The average molecular weight is 179 g/mol. The maximum Gasteiger partial charge on any atom is 0.222 e. The van der Waals surface area contributed by atoms with Crippen LogP contribution in [0.1, 0.15) is 12.6 Å². The van der Waals surface area contributed by atoms with Gasteiger partial charge in [-0.3, -0.25) is 4.79 Å². The van der Waals surface area contributed by atoms with Gasteiger partial charge in [0.05, 0.1) is 5.69 Å². The fraction of sp³-hybridized carbons (Fsp3) is 0.333. The normalized spacial score (nSPS) is 9.69. The van der Waals surface area contributed by atoms with Gasteiger partial charge >= 0.3 is 0 Å². The lowest BCUT2D eigenvalue weighted by Gasteiger charge is -2.03. The van der Waals surface area contributed by atoms with Crippen molar-refractivity contribution in [2.45, 2.75) is 13.5 Å². The summed E-state index contributed by atoms with van der Waals surface area (Å²) in [6.07, 6.45) is 0. The Morgan fingerprint density at radius 2 is 2.31 bits per heavy atom. The Kier molecular flexibility index (Phi) is 3.40. The smallest absolute Gasteiger partial charge is 0.222 e. The number of rotatable bonds is 3. The Morgan fingerprint density at radius 1 is 1.54 bits per heavy atom. The summed E-state index contributed by atoms with van der Waals surface area (Å²) in [6.45, 7) is 2.17.